The van der Waals surface area contributed by atoms with E-state index in [0.29, 0.717) is 19.7 Å². The van der Waals surface area contributed by atoms with Crippen LogP contribution in [0.15, 0.2) is 0 Å². The molecule has 0 unspecified atom stereocenters. The molecule has 5 heteroatoms. The summed E-state index contributed by atoms with van der Waals surface area (Å²) in [6, 6.07) is 2.04. The van der Waals surface area contributed by atoms with Crippen molar-refractivity contribution in [2.24, 2.45) is 0 Å². The molecule has 0 rings (SSSR count). The van der Waals surface area contributed by atoms with Crippen molar-refractivity contribution in [2.45, 2.75) is 32.6 Å². The van der Waals surface area contributed by atoms with Gasteiger partial charge in [-0.2, -0.15) is 5.26 Å². The van der Waals surface area contributed by atoms with E-state index >= 15 is 0 Å². The van der Waals surface area contributed by atoms with Crippen LogP contribution in [0, 0.1) is 11.3 Å². The number of rotatable bonds is 11. The highest BCUT2D eigenvalue weighted by atomic mass is 16.5. The Bertz CT molecular complexity index is 238. The molecule has 0 heterocycles. The van der Waals surface area contributed by atoms with Crippen molar-refractivity contribution in [3.05, 3.63) is 0 Å². The molecule has 0 spiro atoms. The van der Waals surface area contributed by atoms with Crippen molar-refractivity contribution in [1.82, 2.24) is 4.90 Å². The van der Waals surface area contributed by atoms with Gasteiger partial charge in [-0.15, -0.1) is 0 Å². The zero-order chi connectivity index (χ0) is 12.9. The number of hydrogen-bond donors (Lipinski definition) is 1. The molecular formula is C12H22N2O3. The van der Waals surface area contributed by atoms with Crippen LogP contribution < -0.4 is 0 Å². The molecule has 1 N–H and O–H groups in total. The van der Waals surface area contributed by atoms with Crippen LogP contribution in [0.2, 0.25) is 0 Å². The maximum Gasteiger partial charge on any atom is 0.304 e. The standard InChI is InChI=1S/C12H22N2O3/c1-2-3-10-17-11-4-7-14(9-6-13)8-5-12(15)16/h2-5,7-11H2,1H3,(H,15,16). The number of unbranched alkanes of at least 4 members (excludes halogenated alkanes) is 1. The second-order valence-corrected chi connectivity index (χ2v) is 3.90. The van der Waals surface area contributed by atoms with Crippen molar-refractivity contribution in [3.8, 4) is 6.07 Å². The number of carbonyl (C=O) groups is 1. The molecule has 0 bridgehead atoms. The quantitative estimate of drug-likeness (QED) is 0.439. The minimum Gasteiger partial charge on any atom is -0.481 e. The molecule has 0 radical (unpaired) electrons. The van der Waals surface area contributed by atoms with E-state index in [0.717, 1.165) is 25.9 Å². The zero-order valence-electron chi connectivity index (χ0n) is 10.5. The summed E-state index contributed by atoms with van der Waals surface area (Å²) in [5.74, 6) is -0.827. The highest BCUT2D eigenvalue weighted by Gasteiger charge is 2.06. The van der Waals surface area contributed by atoms with Crippen LogP contribution in [0.25, 0.3) is 0 Å². The van der Waals surface area contributed by atoms with E-state index in [1.165, 1.54) is 0 Å². The second kappa shape index (κ2) is 11.4. The number of ether oxygens (including phenoxy) is 1. The fourth-order valence-electron chi connectivity index (χ4n) is 1.36. The molecule has 98 valence electrons. The summed E-state index contributed by atoms with van der Waals surface area (Å²) < 4.78 is 5.40. The predicted octanol–water partition coefficient (Wildman–Crippen LogP) is 1.49. The highest BCUT2D eigenvalue weighted by molar-refractivity contribution is 5.66. The maximum atomic E-state index is 10.4. The third-order valence-corrected chi connectivity index (χ3v) is 2.34. The summed E-state index contributed by atoms with van der Waals surface area (Å²) in [5.41, 5.74) is 0. The van der Waals surface area contributed by atoms with Crippen LogP contribution in [0.4, 0.5) is 0 Å². The average Bonchev–Trinajstić information content (AvgIpc) is 2.30. The lowest BCUT2D eigenvalue weighted by Crippen LogP contribution is -2.28. The Kier molecular flexibility index (Phi) is 10.6. The molecule has 5 nitrogen and oxygen atoms in total. The first-order valence-corrected chi connectivity index (χ1v) is 6.09. The Morgan fingerprint density at radius 2 is 2.06 bits per heavy atom. The SMILES string of the molecule is CCCCOCCCN(CC#N)CCC(=O)O. The van der Waals surface area contributed by atoms with Gasteiger partial charge in [0.25, 0.3) is 0 Å². The molecule has 0 saturated heterocycles. The van der Waals surface area contributed by atoms with Gasteiger partial charge in [-0.3, -0.25) is 9.69 Å². The summed E-state index contributed by atoms with van der Waals surface area (Å²) in [6.07, 6.45) is 3.11. The van der Waals surface area contributed by atoms with Gasteiger partial charge in [-0.05, 0) is 12.8 Å². The number of aliphatic carboxylic acids is 1. The molecule has 17 heavy (non-hydrogen) atoms. The van der Waals surface area contributed by atoms with Crippen LogP contribution in [-0.4, -0.2) is 48.8 Å². The van der Waals surface area contributed by atoms with Crippen molar-refractivity contribution >= 4 is 5.97 Å². The van der Waals surface area contributed by atoms with Gasteiger partial charge in [0, 0.05) is 26.3 Å². The fraction of sp³-hybridized carbons (Fsp3) is 0.833. The minimum absolute atomic E-state index is 0.0817. The number of nitriles is 1. The van der Waals surface area contributed by atoms with Crippen LogP contribution in [0.3, 0.4) is 0 Å². The molecule has 0 aromatic heterocycles. The van der Waals surface area contributed by atoms with Crippen molar-refractivity contribution in [3.63, 3.8) is 0 Å². The first kappa shape index (κ1) is 15.9. The van der Waals surface area contributed by atoms with Crippen molar-refractivity contribution < 1.29 is 14.6 Å². The van der Waals surface area contributed by atoms with Gasteiger partial charge in [-0.25, -0.2) is 0 Å². The highest BCUT2D eigenvalue weighted by Crippen LogP contribution is 1.96. The first-order chi connectivity index (χ1) is 8.20. The van der Waals surface area contributed by atoms with Gasteiger partial charge in [0.1, 0.15) is 0 Å². The molecule has 0 aliphatic carbocycles. The second-order valence-electron chi connectivity index (χ2n) is 3.90. The molecule has 0 atom stereocenters. The minimum atomic E-state index is -0.827. The number of nitrogens with zero attached hydrogens (tertiary/aromatic N) is 2. The lowest BCUT2D eigenvalue weighted by Gasteiger charge is -2.17. The third kappa shape index (κ3) is 11.1. The van der Waals surface area contributed by atoms with Gasteiger partial charge in [0.15, 0.2) is 0 Å². The van der Waals surface area contributed by atoms with E-state index in [9.17, 15) is 4.79 Å². The van der Waals surface area contributed by atoms with Gasteiger partial charge in [0.05, 0.1) is 19.0 Å². The Hall–Kier alpha value is -1.12. The first-order valence-electron chi connectivity index (χ1n) is 6.09. The molecule has 0 aromatic carbocycles. The van der Waals surface area contributed by atoms with Crippen molar-refractivity contribution in [1.29, 1.82) is 5.26 Å². The average molecular weight is 242 g/mol. The summed E-state index contributed by atoms with van der Waals surface area (Å²) in [4.78, 5) is 12.3. The monoisotopic (exact) mass is 242 g/mol. The topological polar surface area (TPSA) is 73.6 Å². The summed E-state index contributed by atoms with van der Waals surface area (Å²) in [7, 11) is 0. The van der Waals surface area contributed by atoms with Gasteiger partial charge in [0.2, 0.25) is 0 Å². The number of carboxylic acids is 1. The largest absolute Gasteiger partial charge is 0.481 e. The Balaban J connectivity index is 3.56. The summed E-state index contributed by atoms with van der Waals surface area (Å²) in [6.45, 7) is 5.00. The normalized spacial score (nSPS) is 10.4. The molecule has 0 aliphatic rings. The van der Waals surface area contributed by atoms with E-state index in [-0.39, 0.29) is 13.0 Å². The fourth-order valence-corrected chi connectivity index (χ4v) is 1.36. The number of carboxylic acid groups (broad SMARTS) is 1. The summed E-state index contributed by atoms with van der Waals surface area (Å²) in [5, 5.41) is 17.2. The Morgan fingerprint density at radius 1 is 1.35 bits per heavy atom. The van der Waals surface area contributed by atoms with E-state index in [2.05, 4.69) is 6.92 Å². The zero-order valence-corrected chi connectivity index (χ0v) is 10.5. The van der Waals surface area contributed by atoms with Gasteiger partial charge in [-0.1, -0.05) is 13.3 Å². The van der Waals surface area contributed by atoms with Crippen LogP contribution in [0.1, 0.15) is 32.6 Å². The van der Waals surface area contributed by atoms with Crippen LogP contribution in [0.5, 0.6) is 0 Å². The van der Waals surface area contributed by atoms with E-state index < -0.39 is 5.97 Å². The van der Waals surface area contributed by atoms with E-state index in [4.69, 9.17) is 15.1 Å². The van der Waals surface area contributed by atoms with E-state index in [1.54, 1.807) is 0 Å². The molecule has 0 aromatic rings. The molecule has 0 saturated carbocycles. The number of hydrogen-bond acceptors (Lipinski definition) is 4. The molecule has 0 amide bonds. The smallest absolute Gasteiger partial charge is 0.304 e. The lowest BCUT2D eigenvalue weighted by atomic mass is 10.3. The molecule has 0 aliphatic heterocycles. The van der Waals surface area contributed by atoms with E-state index in [1.807, 2.05) is 11.0 Å². The van der Waals surface area contributed by atoms with Crippen LogP contribution in [-0.2, 0) is 9.53 Å². The van der Waals surface area contributed by atoms with Crippen LogP contribution >= 0.6 is 0 Å². The Labute approximate surface area is 103 Å². The maximum absolute atomic E-state index is 10.4. The lowest BCUT2D eigenvalue weighted by molar-refractivity contribution is -0.137. The summed E-state index contributed by atoms with van der Waals surface area (Å²) >= 11 is 0. The molecule has 0 fully saturated rings. The molecular weight excluding hydrogens is 220 g/mol. The van der Waals surface area contributed by atoms with Crippen molar-refractivity contribution in [2.75, 3.05) is 32.8 Å². The third-order valence-electron chi connectivity index (χ3n) is 2.34. The van der Waals surface area contributed by atoms with Gasteiger partial charge < -0.3 is 9.84 Å². The van der Waals surface area contributed by atoms with Gasteiger partial charge >= 0.3 is 5.97 Å². The predicted molar refractivity (Wildman–Crippen MR) is 64.6 cm³/mol. The Morgan fingerprint density at radius 3 is 2.65 bits per heavy atom.